The highest BCUT2D eigenvalue weighted by Gasteiger charge is 2.42. The fraction of sp³-hybridized carbons (Fsp3) is 0.500. The molecule has 1 aromatic carbocycles. The Morgan fingerprint density at radius 1 is 1.43 bits per heavy atom. The maximum Gasteiger partial charge on any atom is 0.337 e. The van der Waals surface area contributed by atoms with Gasteiger partial charge >= 0.3 is 5.97 Å². The van der Waals surface area contributed by atoms with Crippen LogP contribution in [0.25, 0.3) is 11.0 Å². The van der Waals surface area contributed by atoms with E-state index in [9.17, 15) is 15.0 Å². The van der Waals surface area contributed by atoms with Gasteiger partial charge in [-0.2, -0.15) is 0 Å². The van der Waals surface area contributed by atoms with Crippen LogP contribution in [0.3, 0.4) is 0 Å². The van der Waals surface area contributed by atoms with Crippen molar-refractivity contribution in [1.82, 2.24) is 9.55 Å². The van der Waals surface area contributed by atoms with Crippen molar-refractivity contribution in [2.24, 2.45) is 5.41 Å². The van der Waals surface area contributed by atoms with Gasteiger partial charge in [0.15, 0.2) is 0 Å². The summed E-state index contributed by atoms with van der Waals surface area (Å²) in [5.74, 6) is -0.000627. The third kappa shape index (κ3) is 2.42. The Labute approximate surface area is 123 Å². The highest BCUT2D eigenvalue weighted by Crippen LogP contribution is 2.50. The van der Waals surface area contributed by atoms with Crippen LogP contribution in [-0.4, -0.2) is 32.3 Å². The SMILES string of the molecule is CCc1nc2cccc(C(=O)O)c2n1CC1(CCO)CC1. The first-order valence-electron chi connectivity index (χ1n) is 7.42. The first-order valence-corrected chi connectivity index (χ1v) is 7.42. The number of aliphatic hydroxyl groups is 1. The Kier molecular flexibility index (Phi) is 3.45. The minimum Gasteiger partial charge on any atom is -0.478 e. The molecule has 0 aliphatic heterocycles. The van der Waals surface area contributed by atoms with Crippen LogP contribution in [0.1, 0.15) is 42.4 Å². The number of nitrogens with zero attached hydrogens (tertiary/aromatic N) is 2. The van der Waals surface area contributed by atoms with Gasteiger partial charge in [0, 0.05) is 19.6 Å². The van der Waals surface area contributed by atoms with E-state index < -0.39 is 5.97 Å². The van der Waals surface area contributed by atoms with Crippen LogP contribution >= 0.6 is 0 Å². The van der Waals surface area contributed by atoms with Gasteiger partial charge < -0.3 is 14.8 Å². The van der Waals surface area contributed by atoms with E-state index in [0.717, 1.165) is 43.6 Å². The van der Waals surface area contributed by atoms with E-state index in [1.54, 1.807) is 12.1 Å². The number of rotatable bonds is 6. The molecule has 1 heterocycles. The average Bonchev–Trinajstić information content (AvgIpc) is 3.12. The molecule has 0 atom stereocenters. The zero-order chi connectivity index (χ0) is 15.0. The lowest BCUT2D eigenvalue weighted by Gasteiger charge is -2.17. The molecule has 1 aliphatic rings. The first kappa shape index (κ1) is 14.1. The Bertz CT molecular complexity index is 686. The number of aromatic carboxylic acids is 1. The van der Waals surface area contributed by atoms with E-state index in [-0.39, 0.29) is 12.0 Å². The summed E-state index contributed by atoms with van der Waals surface area (Å²) in [7, 11) is 0. The minimum atomic E-state index is -0.920. The summed E-state index contributed by atoms with van der Waals surface area (Å²) in [6.07, 6.45) is 3.71. The smallest absolute Gasteiger partial charge is 0.337 e. The summed E-state index contributed by atoms with van der Waals surface area (Å²) < 4.78 is 2.06. The van der Waals surface area contributed by atoms with Gasteiger partial charge in [0.05, 0.1) is 16.6 Å². The molecule has 2 N–H and O–H groups in total. The van der Waals surface area contributed by atoms with E-state index in [1.807, 2.05) is 13.0 Å². The highest BCUT2D eigenvalue weighted by molar-refractivity contribution is 6.01. The molecule has 0 unspecified atom stereocenters. The lowest BCUT2D eigenvalue weighted by molar-refractivity contribution is 0.0698. The first-order chi connectivity index (χ1) is 10.1. The Hall–Kier alpha value is -1.88. The lowest BCUT2D eigenvalue weighted by Crippen LogP contribution is -2.16. The second kappa shape index (κ2) is 5.15. The number of carboxylic acids is 1. The zero-order valence-electron chi connectivity index (χ0n) is 12.2. The summed E-state index contributed by atoms with van der Waals surface area (Å²) in [5.41, 5.74) is 1.88. The van der Waals surface area contributed by atoms with Gasteiger partial charge in [-0.05, 0) is 36.8 Å². The molecule has 0 bridgehead atoms. The van der Waals surface area contributed by atoms with Gasteiger partial charge in [0.2, 0.25) is 0 Å². The molecule has 2 aromatic rings. The molecule has 0 radical (unpaired) electrons. The van der Waals surface area contributed by atoms with Crippen molar-refractivity contribution in [3.63, 3.8) is 0 Å². The van der Waals surface area contributed by atoms with Gasteiger partial charge in [-0.3, -0.25) is 0 Å². The number of carbonyl (C=O) groups is 1. The Balaban J connectivity index is 2.13. The molecule has 21 heavy (non-hydrogen) atoms. The number of hydrogen-bond donors (Lipinski definition) is 2. The molecule has 0 spiro atoms. The number of carboxylic acid groups (broad SMARTS) is 1. The fourth-order valence-electron chi connectivity index (χ4n) is 3.08. The van der Waals surface area contributed by atoms with Gasteiger partial charge in [0.1, 0.15) is 5.82 Å². The molecule has 1 fully saturated rings. The predicted octanol–water partition coefficient (Wildman–Crippen LogP) is 2.46. The molecule has 112 valence electrons. The Morgan fingerprint density at radius 3 is 2.76 bits per heavy atom. The van der Waals surface area contributed by atoms with E-state index in [0.29, 0.717) is 11.1 Å². The molecule has 1 saturated carbocycles. The zero-order valence-corrected chi connectivity index (χ0v) is 12.2. The maximum absolute atomic E-state index is 11.5. The number of aliphatic hydroxyl groups excluding tert-OH is 1. The predicted molar refractivity (Wildman–Crippen MR) is 79.4 cm³/mol. The second-order valence-electron chi connectivity index (χ2n) is 5.92. The summed E-state index contributed by atoms with van der Waals surface area (Å²) in [6, 6.07) is 5.24. The van der Waals surface area contributed by atoms with Crippen molar-refractivity contribution in [3.05, 3.63) is 29.6 Å². The van der Waals surface area contributed by atoms with Crippen molar-refractivity contribution in [1.29, 1.82) is 0 Å². The number of hydrogen-bond acceptors (Lipinski definition) is 3. The largest absolute Gasteiger partial charge is 0.478 e. The van der Waals surface area contributed by atoms with Crippen molar-refractivity contribution < 1.29 is 15.0 Å². The number of aryl methyl sites for hydroxylation is 1. The molecular formula is C16H20N2O3. The minimum absolute atomic E-state index is 0.123. The van der Waals surface area contributed by atoms with Crippen molar-refractivity contribution in [2.75, 3.05) is 6.61 Å². The summed E-state index contributed by atoms with van der Waals surface area (Å²) in [4.78, 5) is 16.1. The van der Waals surface area contributed by atoms with Crippen LogP contribution < -0.4 is 0 Å². The van der Waals surface area contributed by atoms with E-state index >= 15 is 0 Å². The summed E-state index contributed by atoms with van der Waals surface area (Å²) in [5, 5.41) is 18.7. The molecule has 5 heteroatoms. The summed E-state index contributed by atoms with van der Waals surface area (Å²) in [6.45, 7) is 2.96. The molecule has 1 aromatic heterocycles. The average molecular weight is 288 g/mol. The number of benzene rings is 1. The molecule has 0 amide bonds. The van der Waals surface area contributed by atoms with Gasteiger partial charge in [0.25, 0.3) is 0 Å². The molecule has 5 nitrogen and oxygen atoms in total. The van der Waals surface area contributed by atoms with Crippen LogP contribution in [0.4, 0.5) is 0 Å². The van der Waals surface area contributed by atoms with Crippen molar-refractivity contribution in [3.8, 4) is 0 Å². The van der Waals surface area contributed by atoms with Crippen LogP contribution in [0, 0.1) is 5.41 Å². The molecule has 3 rings (SSSR count). The summed E-state index contributed by atoms with van der Waals surface area (Å²) >= 11 is 0. The van der Waals surface area contributed by atoms with Crippen LogP contribution in [-0.2, 0) is 13.0 Å². The van der Waals surface area contributed by atoms with E-state index in [2.05, 4.69) is 9.55 Å². The number of aromatic nitrogens is 2. The van der Waals surface area contributed by atoms with Crippen molar-refractivity contribution in [2.45, 2.75) is 39.2 Å². The van der Waals surface area contributed by atoms with E-state index in [4.69, 9.17) is 0 Å². The Morgan fingerprint density at radius 2 is 2.19 bits per heavy atom. The number of imidazole rings is 1. The monoisotopic (exact) mass is 288 g/mol. The van der Waals surface area contributed by atoms with Gasteiger partial charge in [-0.1, -0.05) is 13.0 Å². The normalized spacial score (nSPS) is 16.3. The maximum atomic E-state index is 11.5. The van der Waals surface area contributed by atoms with Crippen LogP contribution in [0.2, 0.25) is 0 Å². The lowest BCUT2D eigenvalue weighted by atomic mass is 10.0. The van der Waals surface area contributed by atoms with Gasteiger partial charge in [-0.15, -0.1) is 0 Å². The number of fused-ring (bicyclic) bond motifs is 1. The van der Waals surface area contributed by atoms with Crippen LogP contribution in [0.15, 0.2) is 18.2 Å². The highest BCUT2D eigenvalue weighted by atomic mass is 16.4. The standard InChI is InChI=1S/C16H20N2O3/c1-2-13-17-12-5-3-4-11(15(20)21)14(12)18(13)10-16(6-7-16)8-9-19/h3-5,19H,2,6-10H2,1H3,(H,20,21). The third-order valence-corrected chi connectivity index (χ3v) is 4.49. The van der Waals surface area contributed by atoms with E-state index in [1.165, 1.54) is 0 Å². The molecular weight excluding hydrogens is 268 g/mol. The quantitative estimate of drug-likeness (QED) is 0.856. The molecule has 1 aliphatic carbocycles. The fourth-order valence-corrected chi connectivity index (χ4v) is 3.08. The van der Waals surface area contributed by atoms with Gasteiger partial charge in [-0.25, -0.2) is 9.78 Å². The third-order valence-electron chi connectivity index (χ3n) is 4.49. The molecule has 0 saturated heterocycles. The van der Waals surface area contributed by atoms with Crippen molar-refractivity contribution >= 4 is 17.0 Å². The second-order valence-corrected chi connectivity index (χ2v) is 5.92. The van der Waals surface area contributed by atoms with Crippen LogP contribution in [0.5, 0.6) is 0 Å². The topological polar surface area (TPSA) is 75.3 Å². The number of para-hydroxylation sites is 1.